The van der Waals surface area contributed by atoms with E-state index >= 15 is 0 Å². The zero-order valence-corrected chi connectivity index (χ0v) is 20.9. The number of hydrogen-bond acceptors (Lipinski definition) is 4. The first-order valence-electron chi connectivity index (χ1n) is 12.4. The highest BCUT2D eigenvalue weighted by Gasteiger charge is 2.37. The molecule has 2 N–H and O–H groups in total. The van der Waals surface area contributed by atoms with Crippen LogP contribution in [0.15, 0.2) is 42.5 Å². The van der Waals surface area contributed by atoms with Crippen molar-refractivity contribution in [1.29, 1.82) is 5.41 Å². The molecule has 0 spiro atoms. The number of ether oxygens (including phenoxy) is 1. The summed E-state index contributed by atoms with van der Waals surface area (Å²) in [4.78, 5) is 13.0. The number of likely N-dealkylation sites (tertiary alicyclic amines) is 1. The third-order valence-electron chi connectivity index (χ3n) is 7.62. The third kappa shape index (κ3) is 5.81. The van der Waals surface area contributed by atoms with E-state index in [4.69, 9.17) is 26.9 Å². The Morgan fingerprint density at radius 3 is 2.35 bits per heavy atom. The summed E-state index contributed by atoms with van der Waals surface area (Å²) in [5.74, 6) is 1.55. The summed E-state index contributed by atoms with van der Waals surface area (Å²) in [6, 6.07) is 13.6. The number of nitrogens with zero attached hydrogens (tertiary/aromatic N) is 1. The van der Waals surface area contributed by atoms with Gasteiger partial charge in [0.05, 0.1) is 5.92 Å². The minimum Gasteiger partial charge on any atom is -0.481 e. The fourth-order valence-electron chi connectivity index (χ4n) is 4.85. The number of benzene rings is 2. The normalized spacial score (nSPS) is 22.1. The smallest absolute Gasteiger partial charge is 0.309 e. The number of carbonyl (C=O) groups is 1. The number of hydrogen-bond donors (Lipinski definition) is 2. The summed E-state index contributed by atoms with van der Waals surface area (Å²) in [6.45, 7) is 5.73. The SMILES string of the molecule is C1CC2CCC12.CCc1cccc(C(=N)OC(C)c2ccc(CN3CC(C(=O)O)C3)c(Cl)c2)c1. The zero-order chi connectivity index (χ0) is 24.2. The van der Waals surface area contributed by atoms with Gasteiger partial charge in [-0.25, -0.2) is 0 Å². The van der Waals surface area contributed by atoms with Crippen molar-refractivity contribution in [3.05, 3.63) is 69.7 Å². The molecule has 5 rings (SSSR count). The molecule has 1 saturated heterocycles. The van der Waals surface area contributed by atoms with Crippen LogP contribution in [0.5, 0.6) is 0 Å². The van der Waals surface area contributed by atoms with Gasteiger partial charge >= 0.3 is 5.97 Å². The topological polar surface area (TPSA) is 73.6 Å². The summed E-state index contributed by atoms with van der Waals surface area (Å²) in [7, 11) is 0. The molecule has 2 saturated carbocycles. The number of carboxylic acids is 1. The lowest BCUT2D eigenvalue weighted by Gasteiger charge is -2.46. The number of aryl methyl sites for hydroxylation is 1. The van der Waals surface area contributed by atoms with Gasteiger partial charge in [-0.1, -0.05) is 42.8 Å². The molecule has 0 bridgehead atoms. The zero-order valence-electron chi connectivity index (χ0n) is 20.1. The molecule has 5 nitrogen and oxygen atoms in total. The van der Waals surface area contributed by atoms with E-state index in [9.17, 15) is 4.79 Å². The molecule has 1 atom stereocenters. The van der Waals surface area contributed by atoms with Crippen LogP contribution in [-0.4, -0.2) is 35.0 Å². The molecule has 3 aliphatic rings. The Morgan fingerprint density at radius 1 is 1.15 bits per heavy atom. The molecule has 1 heterocycles. The van der Waals surface area contributed by atoms with Gasteiger partial charge in [0, 0.05) is 30.2 Å². The Labute approximate surface area is 207 Å². The molecule has 2 aliphatic carbocycles. The van der Waals surface area contributed by atoms with Gasteiger partial charge < -0.3 is 9.84 Å². The van der Waals surface area contributed by atoms with Crippen LogP contribution in [-0.2, 0) is 22.5 Å². The second kappa shape index (κ2) is 10.9. The summed E-state index contributed by atoms with van der Waals surface area (Å²) in [5.41, 5.74) is 3.80. The second-order valence-corrected chi connectivity index (χ2v) is 10.3. The van der Waals surface area contributed by atoms with Crippen LogP contribution in [0.3, 0.4) is 0 Å². The molecule has 34 heavy (non-hydrogen) atoms. The average Bonchev–Trinajstić information content (AvgIpc) is 2.79. The molecule has 0 aromatic heterocycles. The molecule has 6 heteroatoms. The van der Waals surface area contributed by atoms with E-state index < -0.39 is 5.97 Å². The molecule has 2 aromatic carbocycles. The first kappa shape index (κ1) is 24.7. The second-order valence-electron chi connectivity index (χ2n) is 9.90. The minimum atomic E-state index is -0.740. The summed E-state index contributed by atoms with van der Waals surface area (Å²) in [5, 5.41) is 17.8. The van der Waals surface area contributed by atoms with Gasteiger partial charge in [0.2, 0.25) is 5.90 Å². The molecule has 3 fully saturated rings. The van der Waals surface area contributed by atoms with Crippen molar-refractivity contribution in [2.45, 2.75) is 58.6 Å². The van der Waals surface area contributed by atoms with Crippen molar-refractivity contribution in [2.24, 2.45) is 17.8 Å². The molecule has 1 unspecified atom stereocenters. The Balaban J connectivity index is 0.000000388. The Bertz CT molecular complexity index is 1020. The molecule has 0 amide bonds. The van der Waals surface area contributed by atoms with Gasteiger partial charge in [0.15, 0.2) is 0 Å². The number of halogens is 1. The molecular weight excluding hydrogens is 448 g/mol. The van der Waals surface area contributed by atoms with Crippen molar-refractivity contribution < 1.29 is 14.6 Å². The lowest BCUT2D eigenvalue weighted by molar-refractivity contribution is -0.147. The molecule has 1 aliphatic heterocycles. The molecule has 182 valence electrons. The van der Waals surface area contributed by atoms with Crippen molar-refractivity contribution >= 4 is 23.5 Å². The van der Waals surface area contributed by atoms with Gasteiger partial charge in [-0.15, -0.1) is 0 Å². The lowest BCUT2D eigenvalue weighted by atomic mass is 9.60. The maximum absolute atomic E-state index is 10.9. The van der Waals surface area contributed by atoms with Crippen molar-refractivity contribution in [3.63, 3.8) is 0 Å². The Hall–Kier alpha value is -2.37. The average molecular weight is 483 g/mol. The van der Waals surface area contributed by atoms with E-state index in [0.29, 0.717) is 24.7 Å². The first-order chi connectivity index (χ1) is 16.3. The van der Waals surface area contributed by atoms with Crippen molar-refractivity contribution in [3.8, 4) is 0 Å². The maximum Gasteiger partial charge on any atom is 0.309 e. The monoisotopic (exact) mass is 482 g/mol. The van der Waals surface area contributed by atoms with E-state index in [2.05, 4.69) is 11.8 Å². The predicted molar refractivity (Wildman–Crippen MR) is 135 cm³/mol. The lowest BCUT2D eigenvalue weighted by Crippen LogP contribution is -2.49. The van der Waals surface area contributed by atoms with Crippen LogP contribution in [0, 0.1) is 23.2 Å². The van der Waals surface area contributed by atoms with Crippen LogP contribution in [0.25, 0.3) is 0 Å². The summed E-state index contributed by atoms with van der Waals surface area (Å²) in [6.07, 6.45) is 6.85. The number of aliphatic carboxylic acids is 1. The van der Waals surface area contributed by atoms with Crippen molar-refractivity contribution in [1.82, 2.24) is 4.90 Å². The van der Waals surface area contributed by atoms with Crippen LogP contribution in [0.2, 0.25) is 5.02 Å². The number of nitrogens with one attached hydrogen (secondary N) is 1. The highest BCUT2D eigenvalue weighted by molar-refractivity contribution is 6.31. The van der Waals surface area contributed by atoms with Crippen molar-refractivity contribution in [2.75, 3.05) is 13.1 Å². The fourth-order valence-corrected chi connectivity index (χ4v) is 5.10. The van der Waals surface area contributed by atoms with E-state index in [-0.39, 0.29) is 17.9 Å². The third-order valence-corrected chi connectivity index (χ3v) is 7.97. The first-order valence-corrected chi connectivity index (χ1v) is 12.8. The Morgan fingerprint density at radius 2 is 1.82 bits per heavy atom. The summed E-state index contributed by atoms with van der Waals surface area (Å²) >= 11 is 6.44. The van der Waals surface area contributed by atoms with Gasteiger partial charge in [0.1, 0.15) is 6.10 Å². The van der Waals surface area contributed by atoms with Crippen LogP contribution >= 0.6 is 11.6 Å². The highest BCUT2D eigenvalue weighted by atomic mass is 35.5. The standard InChI is InChI=1S/C22H25ClN2O3.C6H10/c1-3-15-5-4-6-17(9-15)21(24)28-14(2)16-7-8-18(20(23)10-16)11-25-12-19(13-25)22(26)27;1-2-6-4-3-5(1)6/h4-10,14,19,24H,3,11-13H2,1-2H3,(H,26,27);5-6H,1-4H2. The van der Waals surface area contributed by atoms with Crippen LogP contribution in [0.4, 0.5) is 0 Å². The molecular formula is C28H35ClN2O3. The number of fused-ring (bicyclic) bond motifs is 1. The van der Waals surface area contributed by atoms with E-state index in [1.165, 1.54) is 17.4 Å². The summed E-state index contributed by atoms with van der Waals surface area (Å²) < 4.78 is 5.82. The number of rotatable bonds is 7. The molecule has 2 aromatic rings. The van der Waals surface area contributed by atoms with Gasteiger partial charge in [0.25, 0.3) is 0 Å². The quantitative estimate of drug-likeness (QED) is 0.357. The largest absolute Gasteiger partial charge is 0.481 e. The highest BCUT2D eigenvalue weighted by Crippen LogP contribution is 2.49. The van der Waals surface area contributed by atoms with E-state index in [1.54, 1.807) is 25.7 Å². The number of carboxylic acid groups (broad SMARTS) is 1. The van der Waals surface area contributed by atoms with Crippen LogP contribution < -0.4 is 0 Å². The predicted octanol–water partition coefficient (Wildman–Crippen LogP) is 6.33. The molecule has 0 radical (unpaired) electrons. The maximum atomic E-state index is 10.9. The van der Waals surface area contributed by atoms with E-state index in [1.807, 2.05) is 49.4 Å². The van der Waals surface area contributed by atoms with Gasteiger partial charge in [-0.2, -0.15) is 0 Å². The van der Waals surface area contributed by atoms with Gasteiger partial charge in [-0.05, 0) is 85.8 Å². The Kier molecular flexibility index (Phi) is 7.95. The van der Waals surface area contributed by atoms with Crippen LogP contribution in [0.1, 0.15) is 67.9 Å². The fraction of sp³-hybridized carbons (Fsp3) is 0.500. The minimum absolute atomic E-state index is 0.142. The van der Waals surface area contributed by atoms with Gasteiger partial charge in [-0.3, -0.25) is 15.1 Å². The van der Waals surface area contributed by atoms with E-state index in [0.717, 1.165) is 23.1 Å².